The molecule has 1 atom stereocenters. The molecule has 0 aliphatic heterocycles. The predicted octanol–water partition coefficient (Wildman–Crippen LogP) is 3.37. The Morgan fingerprint density at radius 1 is 1.26 bits per heavy atom. The number of anilines is 1. The fraction of sp³-hybridized carbons (Fsp3) is 0.214. The molecule has 1 aromatic heterocycles. The van der Waals surface area contributed by atoms with Crippen molar-refractivity contribution in [3.63, 3.8) is 0 Å². The highest BCUT2D eigenvalue weighted by Gasteiger charge is 2.18. The first-order valence-corrected chi connectivity index (χ1v) is 6.83. The van der Waals surface area contributed by atoms with Gasteiger partial charge in [-0.25, -0.2) is 9.97 Å². The van der Waals surface area contributed by atoms with E-state index in [0.717, 1.165) is 12.0 Å². The van der Waals surface area contributed by atoms with Crippen LogP contribution < -0.4 is 5.32 Å². The SMILES string of the molecule is CCC(C(=O)Nc1cnc(Br)cn1)c1ccccc1. The number of carbonyl (C=O) groups is 1. The number of benzene rings is 1. The average molecular weight is 320 g/mol. The second kappa shape index (κ2) is 6.43. The lowest BCUT2D eigenvalue weighted by Crippen LogP contribution is -2.21. The number of amides is 1. The van der Waals surface area contributed by atoms with Crippen molar-refractivity contribution in [2.75, 3.05) is 5.32 Å². The topological polar surface area (TPSA) is 54.9 Å². The number of nitrogens with zero attached hydrogens (tertiary/aromatic N) is 2. The molecular weight excluding hydrogens is 306 g/mol. The molecule has 1 amide bonds. The summed E-state index contributed by atoms with van der Waals surface area (Å²) in [6, 6.07) is 9.73. The number of hydrogen-bond donors (Lipinski definition) is 1. The fourth-order valence-electron chi connectivity index (χ4n) is 1.85. The van der Waals surface area contributed by atoms with Crippen LogP contribution in [-0.4, -0.2) is 15.9 Å². The van der Waals surface area contributed by atoms with Crippen LogP contribution in [0.3, 0.4) is 0 Å². The van der Waals surface area contributed by atoms with Crippen molar-refractivity contribution < 1.29 is 4.79 Å². The third kappa shape index (κ3) is 3.61. The number of hydrogen-bond acceptors (Lipinski definition) is 3. The third-order valence-electron chi connectivity index (χ3n) is 2.80. The van der Waals surface area contributed by atoms with E-state index in [1.807, 2.05) is 37.3 Å². The van der Waals surface area contributed by atoms with Gasteiger partial charge in [-0.2, -0.15) is 0 Å². The first-order valence-electron chi connectivity index (χ1n) is 6.04. The molecule has 0 aliphatic rings. The van der Waals surface area contributed by atoms with E-state index < -0.39 is 0 Å². The van der Waals surface area contributed by atoms with Crippen LogP contribution in [0.5, 0.6) is 0 Å². The van der Waals surface area contributed by atoms with E-state index in [9.17, 15) is 4.79 Å². The van der Waals surface area contributed by atoms with Crippen LogP contribution in [0.15, 0.2) is 47.3 Å². The maximum absolute atomic E-state index is 12.2. The summed E-state index contributed by atoms with van der Waals surface area (Å²) >= 11 is 3.20. The minimum Gasteiger partial charge on any atom is -0.309 e. The van der Waals surface area contributed by atoms with Crippen molar-refractivity contribution >= 4 is 27.7 Å². The van der Waals surface area contributed by atoms with Gasteiger partial charge >= 0.3 is 0 Å². The van der Waals surface area contributed by atoms with Crippen molar-refractivity contribution in [3.05, 3.63) is 52.9 Å². The molecule has 0 fully saturated rings. The van der Waals surface area contributed by atoms with Crippen LogP contribution in [-0.2, 0) is 4.79 Å². The molecule has 98 valence electrons. The molecule has 1 heterocycles. The number of nitrogens with one attached hydrogen (secondary N) is 1. The molecule has 4 nitrogen and oxygen atoms in total. The molecule has 0 spiro atoms. The molecule has 0 aliphatic carbocycles. The van der Waals surface area contributed by atoms with Gasteiger partial charge in [0.1, 0.15) is 4.60 Å². The summed E-state index contributed by atoms with van der Waals surface area (Å²) in [5, 5.41) is 2.79. The molecule has 2 rings (SSSR count). The zero-order chi connectivity index (χ0) is 13.7. The zero-order valence-corrected chi connectivity index (χ0v) is 12.1. The van der Waals surface area contributed by atoms with E-state index in [4.69, 9.17) is 0 Å². The summed E-state index contributed by atoms with van der Waals surface area (Å²) < 4.78 is 0.639. The Kier molecular flexibility index (Phi) is 4.63. The molecule has 0 saturated carbocycles. The largest absolute Gasteiger partial charge is 0.309 e. The van der Waals surface area contributed by atoms with Crippen LogP contribution in [0, 0.1) is 0 Å². The summed E-state index contributed by atoms with van der Waals surface area (Å²) in [4.78, 5) is 20.4. The van der Waals surface area contributed by atoms with E-state index in [-0.39, 0.29) is 11.8 Å². The van der Waals surface area contributed by atoms with Crippen LogP contribution in [0.25, 0.3) is 0 Å². The predicted molar refractivity (Wildman–Crippen MR) is 77.8 cm³/mol. The van der Waals surface area contributed by atoms with Gasteiger partial charge in [-0.3, -0.25) is 4.79 Å². The molecule has 0 radical (unpaired) electrons. The number of carbonyl (C=O) groups excluding carboxylic acids is 1. The maximum atomic E-state index is 12.2. The van der Waals surface area contributed by atoms with Gasteiger partial charge in [0.15, 0.2) is 5.82 Å². The van der Waals surface area contributed by atoms with Crippen LogP contribution >= 0.6 is 15.9 Å². The van der Waals surface area contributed by atoms with Gasteiger partial charge in [-0.15, -0.1) is 0 Å². The Balaban J connectivity index is 2.11. The van der Waals surface area contributed by atoms with Crippen LogP contribution in [0.1, 0.15) is 24.8 Å². The van der Waals surface area contributed by atoms with Crippen LogP contribution in [0.2, 0.25) is 0 Å². The van der Waals surface area contributed by atoms with Crippen molar-refractivity contribution in [3.8, 4) is 0 Å². The zero-order valence-electron chi connectivity index (χ0n) is 10.5. The highest BCUT2D eigenvalue weighted by Crippen LogP contribution is 2.20. The first kappa shape index (κ1) is 13.7. The Morgan fingerprint density at radius 2 is 2.00 bits per heavy atom. The molecule has 19 heavy (non-hydrogen) atoms. The van der Waals surface area contributed by atoms with Gasteiger partial charge < -0.3 is 5.32 Å². The molecule has 0 bridgehead atoms. The smallest absolute Gasteiger partial charge is 0.233 e. The normalized spacial score (nSPS) is 11.9. The van der Waals surface area contributed by atoms with Crippen molar-refractivity contribution in [1.82, 2.24) is 9.97 Å². The molecule has 5 heteroatoms. The van der Waals surface area contributed by atoms with E-state index in [1.165, 1.54) is 6.20 Å². The quantitative estimate of drug-likeness (QED) is 0.940. The van der Waals surface area contributed by atoms with E-state index in [1.54, 1.807) is 6.20 Å². The number of halogens is 1. The number of aromatic nitrogens is 2. The Hall–Kier alpha value is -1.75. The molecule has 2 aromatic rings. The van der Waals surface area contributed by atoms with Gasteiger partial charge in [0, 0.05) is 0 Å². The number of rotatable bonds is 4. The lowest BCUT2D eigenvalue weighted by atomic mass is 9.96. The monoisotopic (exact) mass is 319 g/mol. The van der Waals surface area contributed by atoms with Gasteiger partial charge in [0.25, 0.3) is 0 Å². The van der Waals surface area contributed by atoms with E-state index >= 15 is 0 Å². The molecular formula is C14H14BrN3O. The highest BCUT2D eigenvalue weighted by molar-refractivity contribution is 9.10. The second-order valence-electron chi connectivity index (χ2n) is 4.09. The fourth-order valence-corrected chi connectivity index (χ4v) is 2.05. The molecule has 1 aromatic carbocycles. The highest BCUT2D eigenvalue weighted by atomic mass is 79.9. The van der Waals surface area contributed by atoms with Gasteiger partial charge in [-0.05, 0) is 27.9 Å². The summed E-state index contributed by atoms with van der Waals surface area (Å²) in [5.74, 6) is 0.222. The van der Waals surface area contributed by atoms with Crippen LogP contribution in [0.4, 0.5) is 5.82 Å². The Morgan fingerprint density at radius 3 is 2.58 bits per heavy atom. The summed E-state index contributed by atoms with van der Waals surface area (Å²) in [7, 11) is 0. The average Bonchev–Trinajstić information content (AvgIpc) is 2.43. The van der Waals surface area contributed by atoms with Gasteiger partial charge in [-0.1, -0.05) is 37.3 Å². The van der Waals surface area contributed by atoms with Crippen molar-refractivity contribution in [2.45, 2.75) is 19.3 Å². The molecule has 1 N–H and O–H groups in total. The van der Waals surface area contributed by atoms with Crippen molar-refractivity contribution in [2.24, 2.45) is 0 Å². The van der Waals surface area contributed by atoms with Gasteiger partial charge in [0.2, 0.25) is 5.91 Å². The third-order valence-corrected chi connectivity index (χ3v) is 3.21. The first-order chi connectivity index (χ1) is 9.20. The van der Waals surface area contributed by atoms with Gasteiger partial charge in [0.05, 0.1) is 18.3 Å². The van der Waals surface area contributed by atoms with Crippen molar-refractivity contribution in [1.29, 1.82) is 0 Å². The molecule has 0 saturated heterocycles. The summed E-state index contributed by atoms with van der Waals surface area (Å²) in [6.07, 6.45) is 3.82. The van der Waals surface area contributed by atoms with E-state index in [0.29, 0.717) is 10.4 Å². The maximum Gasteiger partial charge on any atom is 0.233 e. The second-order valence-corrected chi connectivity index (χ2v) is 4.90. The minimum absolute atomic E-state index is 0.0645. The molecule has 1 unspecified atom stereocenters. The Labute approximate surface area is 120 Å². The van der Waals surface area contributed by atoms with E-state index in [2.05, 4.69) is 31.2 Å². The standard InChI is InChI=1S/C14H14BrN3O/c1-2-11(10-6-4-3-5-7-10)14(19)18-13-9-16-12(15)8-17-13/h3-9,11H,2H2,1H3,(H,17,18,19). The minimum atomic E-state index is -0.174. The summed E-state index contributed by atoms with van der Waals surface area (Å²) in [5.41, 5.74) is 1.01. The lowest BCUT2D eigenvalue weighted by Gasteiger charge is -2.14. The lowest BCUT2D eigenvalue weighted by molar-refractivity contribution is -0.117. The summed E-state index contributed by atoms with van der Waals surface area (Å²) in [6.45, 7) is 1.99. The Bertz CT molecular complexity index is 542.